The standard InChI is InChI=1S/C19H21F3N2O2S/c1-11(2)12-3-5-13(6-4-12)17-23-7-14(27-17)8-24-9-15(18(25)26)16(10-24)19(20,21)22/h3-7,11,15-16H,8-10H2,1-2H3,(H,25,26)/t15-,16-/m1/s1. The molecule has 4 nitrogen and oxygen atoms in total. The van der Waals surface area contributed by atoms with Gasteiger partial charge in [-0.2, -0.15) is 13.2 Å². The molecule has 0 unspecified atom stereocenters. The number of aliphatic carboxylic acids is 1. The molecule has 0 spiro atoms. The first kappa shape index (κ1) is 19.8. The lowest BCUT2D eigenvalue weighted by Crippen LogP contribution is -2.33. The van der Waals surface area contributed by atoms with Crippen molar-refractivity contribution in [2.75, 3.05) is 13.1 Å². The van der Waals surface area contributed by atoms with Gasteiger partial charge in [-0.25, -0.2) is 4.98 Å². The predicted molar refractivity (Wildman–Crippen MR) is 97.6 cm³/mol. The fraction of sp³-hybridized carbons (Fsp3) is 0.474. The third kappa shape index (κ3) is 4.50. The van der Waals surface area contributed by atoms with E-state index in [1.54, 1.807) is 11.1 Å². The Hall–Kier alpha value is -1.93. The van der Waals surface area contributed by atoms with Crippen molar-refractivity contribution in [3.05, 3.63) is 40.9 Å². The molecule has 2 atom stereocenters. The van der Waals surface area contributed by atoms with Crippen LogP contribution in [-0.2, 0) is 11.3 Å². The molecule has 1 saturated heterocycles. The summed E-state index contributed by atoms with van der Waals surface area (Å²) >= 11 is 1.42. The van der Waals surface area contributed by atoms with Gasteiger partial charge in [-0.3, -0.25) is 9.69 Å². The van der Waals surface area contributed by atoms with Crippen LogP contribution in [0.25, 0.3) is 10.6 Å². The number of hydrogen-bond donors (Lipinski definition) is 1. The van der Waals surface area contributed by atoms with Gasteiger partial charge in [0.15, 0.2) is 0 Å². The van der Waals surface area contributed by atoms with Crippen molar-refractivity contribution in [3.8, 4) is 10.6 Å². The molecule has 1 aromatic heterocycles. The van der Waals surface area contributed by atoms with Gasteiger partial charge in [0.2, 0.25) is 0 Å². The number of aromatic nitrogens is 1. The summed E-state index contributed by atoms with van der Waals surface area (Å²) in [5.41, 5.74) is 2.19. The Morgan fingerprint density at radius 1 is 1.30 bits per heavy atom. The summed E-state index contributed by atoms with van der Waals surface area (Å²) in [4.78, 5) is 17.9. The van der Waals surface area contributed by atoms with E-state index in [1.807, 2.05) is 24.3 Å². The van der Waals surface area contributed by atoms with Crippen LogP contribution in [0.4, 0.5) is 13.2 Å². The summed E-state index contributed by atoms with van der Waals surface area (Å²) in [5, 5.41) is 9.92. The number of halogens is 3. The maximum Gasteiger partial charge on any atom is 0.393 e. The highest BCUT2D eigenvalue weighted by Gasteiger charge is 2.52. The second kappa shape index (κ2) is 7.59. The van der Waals surface area contributed by atoms with E-state index in [9.17, 15) is 18.0 Å². The molecule has 3 rings (SSSR count). The van der Waals surface area contributed by atoms with E-state index in [4.69, 9.17) is 5.11 Å². The molecule has 1 fully saturated rings. The summed E-state index contributed by atoms with van der Waals surface area (Å²) in [6, 6.07) is 8.09. The summed E-state index contributed by atoms with van der Waals surface area (Å²) < 4.78 is 39.3. The monoisotopic (exact) mass is 398 g/mol. The van der Waals surface area contributed by atoms with Crippen LogP contribution in [-0.4, -0.2) is 40.2 Å². The van der Waals surface area contributed by atoms with Crippen LogP contribution in [0.15, 0.2) is 30.5 Å². The molecule has 2 aromatic rings. The van der Waals surface area contributed by atoms with Crippen LogP contribution in [0.5, 0.6) is 0 Å². The smallest absolute Gasteiger partial charge is 0.393 e. The lowest BCUT2D eigenvalue weighted by molar-refractivity contribution is -0.188. The molecule has 2 heterocycles. The molecule has 27 heavy (non-hydrogen) atoms. The SMILES string of the molecule is CC(C)c1ccc(-c2ncc(CN3C[C@@H](C(F)(F)F)[C@H](C(=O)O)C3)s2)cc1. The molecule has 0 aliphatic carbocycles. The Morgan fingerprint density at radius 3 is 2.48 bits per heavy atom. The van der Waals surface area contributed by atoms with Crippen molar-refractivity contribution < 1.29 is 23.1 Å². The van der Waals surface area contributed by atoms with Gasteiger partial charge in [0.1, 0.15) is 5.01 Å². The molecule has 1 aliphatic heterocycles. The van der Waals surface area contributed by atoms with Crippen molar-refractivity contribution in [2.45, 2.75) is 32.5 Å². The average Bonchev–Trinajstić information content (AvgIpc) is 3.22. The largest absolute Gasteiger partial charge is 0.481 e. The normalized spacial score (nSPS) is 21.1. The molecule has 1 aliphatic rings. The second-order valence-electron chi connectivity index (χ2n) is 7.20. The van der Waals surface area contributed by atoms with E-state index in [0.29, 0.717) is 5.92 Å². The number of rotatable bonds is 5. The van der Waals surface area contributed by atoms with Gasteiger partial charge in [-0.05, 0) is 11.5 Å². The van der Waals surface area contributed by atoms with Gasteiger partial charge in [0.25, 0.3) is 0 Å². The molecule has 0 radical (unpaired) electrons. The number of likely N-dealkylation sites (tertiary alicyclic amines) is 1. The van der Waals surface area contributed by atoms with Crippen molar-refractivity contribution in [2.24, 2.45) is 11.8 Å². The molecule has 146 valence electrons. The summed E-state index contributed by atoms with van der Waals surface area (Å²) in [6.45, 7) is 4.11. The number of hydrogen-bond acceptors (Lipinski definition) is 4. The zero-order chi connectivity index (χ0) is 19.8. The molecule has 1 N–H and O–H groups in total. The van der Waals surface area contributed by atoms with Gasteiger partial charge in [0, 0.05) is 36.3 Å². The fourth-order valence-corrected chi connectivity index (χ4v) is 4.30. The Labute approximate surface area is 159 Å². The fourth-order valence-electron chi connectivity index (χ4n) is 3.34. The number of benzene rings is 1. The first-order valence-electron chi connectivity index (χ1n) is 8.72. The van der Waals surface area contributed by atoms with Crippen LogP contribution in [0.1, 0.15) is 30.2 Å². The maximum absolute atomic E-state index is 13.1. The summed E-state index contributed by atoms with van der Waals surface area (Å²) in [7, 11) is 0. The summed E-state index contributed by atoms with van der Waals surface area (Å²) in [6.07, 6.45) is -2.85. The first-order valence-corrected chi connectivity index (χ1v) is 9.53. The van der Waals surface area contributed by atoms with Crippen molar-refractivity contribution in [1.82, 2.24) is 9.88 Å². The first-order chi connectivity index (χ1) is 12.6. The molecule has 8 heteroatoms. The number of carboxylic acids is 1. The quantitative estimate of drug-likeness (QED) is 0.798. The van der Waals surface area contributed by atoms with Crippen LogP contribution in [0.2, 0.25) is 0 Å². The Balaban J connectivity index is 1.70. The highest BCUT2D eigenvalue weighted by atomic mass is 32.1. The summed E-state index contributed by atoms with van der Waals surface area (Å²) in [5.74, 6) is -4.20. The molecular weight excluding hydrogens is 377 g/mol. The van der Waals surface area contributed by atoms with Crippen LogP contribution >= 0.6 is 11.3 Å². The molecule has 0 bridgehead atoms. The van der Waals surface area contributed by atoms with Gasteiger partial charge in [-0.15, -0.1) is 11.3 Å². The maximum atomic E-state index is 13.1. The Kier molecular flexibility index (Phi) is 5.58. The van der Waals surface area contributed by atoms with Crippen molar-refractivity contribution in [1.29, 1.82) is 0 Å². The number of alkyl halides is 3. The number of carboxylic acid groups (broad SMARTS) is 1. The third-order valence-electron chi connectivity index (χ3n) is 4.89. The van der Waals surface area contributed by atoms with Crippen molar-refractivity contribution in [3.63, 3.8) is 0 Å². The van der Waals surface area contributed by atoms with E-state index < -0.39 is 24.0 Å². The van der Waals surface area contributed by atoms with Crippen LogP contribution < -0.4 is 0 Å². The van der Waals surface area contributed by atoms with Crippen LogP contribution in [0, 0.1) is 11.8 Å². The number of nitrogens with zero attached hydrogens (tertiary/aromatic N) is 2. The average molecular weight is 398 g/mol. The Bertz CT molecular complexity index is 802. The molecule has 1 aromatic carbocycles. The van der Waals surface area contributed by atoms with Crippen molar-refractivity contribution >= 4 is 17.3 Å². The molecular formula is C19H21F3N2O2S. The number of carbonyl (C=O) groups is 1. The van der Waals surface area contributed by atoms with Gasteiger partial charge in [-0.1, -0.05) is 38.1 Å². The lowest BCUT2D eigenvalue weighted by Gasteiger charge is -2.18. The van der Waals surface area contributed by atoms with E-state index in [-0.39, 0.29) is 19.6 Å². The van der Waals surface area contributed by atoms with Gasteiger partial charge >= 0.3 is 12.1 Å². The lowest BCUT2D eigenvalue weighted by atomic mass is 9.96. The topological polar surface area (TPSA) is 53.4 Å². The second-order valence-corrected chi connectivity index (χ2v) is 8.31. The molecule has 0 saturated carbocycles. The van der Waals surface area contributed by atoms with E-state index in [2.05, 4.69) is 18.8 Å². The van der Waals surface area contributed by atoms with E-state index >= 15 is 0 Å². The van der Waals surface area contributed by atoms with E-state index in [0.717, 1.165) is 15.4 Å². The minimum absolute atomic E-state index is 0.101. The third-order valence-corrected chi connectivity index (χ3v) is 5.92. The zero-order valence-electron chi connectivity index (χ0n) is 15.0. The van der Waals surface area contributed by atoms with Gasteiger partial charge < -0.3 is 5.11 Å². The predicted octanol–water partition coefficient (Wildman–Crippen LogP) is 4.63. The highest BCUT2D eigenvalue weighted by Crippen LogP contribution is 2.38. The zero-order valence-corrected chi connectivity index (χ0v) is 15.8. The van der Waals surface area contributed by atoms with Gasteiger partial charge in [0.05, 0.1) is 11.8 Å². The minimum atomic E-state index is -4.51. The van der Waals surface area contributed by atoms with Crippen LogP contribution in [0.3, 0.4) is 0 Å². The number of thiazole rings is 1. The molecule has 0 amide bonds. The Morgan fingerprint density at radius 2 is 1.96 bits per heavy atom. The van der Waals surface area contributed by atoms with E-state index in [1.165, 1.54) is 16.9 Å². The highest BCUT2D eigenvalue weighted by molar-refractivity contribution is 7.15. The minimum Gasteiger partial charge on any atom is -0.481 e.